The van der Waals surface area contributed by atoms with Crippen LogP contribution in [0.3, 0.4) is 0 Å². The summed E-state index contributed by atoms with van der Waals surface area (Å²) in [5, 5.41) is 5.94. The van der Waals surface area contributed by atoms with Gasteiger partial charge in [-0.2, -0.15) is 0 Å². The first-order valence-corrected chi connectivity index (χ1v) is 12.5. The number of hydrogen-bond donors (Lipinski definition) is 2. The molecule has 6 heteroatoms. The lowest BCUT2D eigenvalue weighted by atomic mass is 10.1. The highest BCUT2D eigenvalue weighted by Crippen LogP contribution is 2.17. The van der Waals surface area contributed by atoms with Crippen molar-refractivity contribution >= 4 is 11.8 Å². The molecule has 2 unspecified atom stereocenters. The van der Waals surface area contributed by atoms with E-state index in [-0.39, 0.29) is 24.0 Å². The van der Waals surface area contributed by atoms with Crippen LogP contribution >= 0.6 is 0 Å². The van der Waals surface area contributed by atoms with Gasteiger partial charge in [-0.3, -0.25) is 9.59 Å². The molecule has 0 spiro atoms. The zero-order valence-electron chi connectivity index (χ0n) is 21.1. The number of rotatable bonds is 15. The van der Waals surface area contributed by atoms with Crippen LogP contribution in [0.1, 0.15) is 86.9 Å². The Kier molecular flexibility index (Phi) is 12.0. The van der Waals surface area contributed by atoms with E-state index in [0.717, 1.165) is 50.0 Å². The number of carbonyl (C=O) groups excluding carboxylic acids is 2. The van der Waals surface area contributed by atoms with Crippen molar-refractivity contribution in [3.8, 4) is 11.5 Å². The first-order valence-electron chi connectivity index (χ1n) is 12.5. The number of carbonyl (C=O) groups is 2. The number of amides is 2. The smallest absolute Gasteiger partial charge is 0.251 e. The third-order valence-corrected chi connectivity index (χ3v) is 5.69. The Balaban J connectivity index is 1.60. The van der Waals surface area contributed by atoms with Crippen molar-refractivity contribution in [2.24, 2.45) is 0 Å². The van der Waals surface area contributed by atoms with Crippen molar-refractivity contribution in [1.29, 1.82) is 0 Å². The zero-order chi connectivity index (χ0) is 24.8. The maximum Gasteiger partial charge on any atom is 0.251 e. The van der Waals surface area contributed by atoms with E-state index in [0.29, 0.717) is 24.2 Å². The van der Waals surface area contributed by atoms with E-state index < -0.39 is 0 Å². The van der Waals surface area contributed by atoms with Gasteiger partial charge in [-0.25, -0.2) is 0 Å². The predicted octanol–water partition coefficient (Wildman–Crippen LogP) is 5.76. The van der Waals surface area contributed by atoms with Crippen LogP contribution in [-0.2, 0) is 0 Å². The van der Waals surface area contributed by atoms with Gasteiger partial charge in [-0.1, -0.05) is 38.8 Å². The first kappa shape index (κ1) is 27.2. The van der Waals surface area contributed by atoms with Crippen LogP contribution in [0, 0.1) is 0 Å². The van der Waals surface area contributed by atoms with Crippen LogP contribution < -0.4 is 20.1 Å². The van der Waals surface area contributed by atoms with Gasteiger partial charge < -0.3 is 20.1 Å². The molecular weight excluding hydrogens is 428 g/mol. The Labute approximate surface area is 204 Å². The molecule has 2 aromatic carbocycles. The second kappa shape index (κ2) is 15.0. The summed E-state index contributed by atoms with van der Waals surface area (Å²) in [5.74, 6) is 1.28. The molecule has 6 nitrogen and oxygen atoms in total. The molecule has 2 atom stereocenters. The summed E-state index contributed by atoms with van der Waals surface area (Å²) in [6.45, 7) is 9.42. The van der Waals surface area contributed by atoms with E-state index in [1.165, 1.54) is 0 Å². The zero-order valence-corrected chi connectivity index (χ0v) is 21.1. The van der Waals surface area contributed by atoms with Crippen molar-refractivity contribution in [3.63, 3.8) is 0 Å². The summed E-state index contributed by atoms with van der Waals surface area (Å²) in [7, 11) is 0. The predicted molar refractivity (Wildman–Crippen MR) is 137 cm³/mol. The van der Waals surface area contributed by atoms with Gasteiger partial charge in [0.1, 0.15) is 11.5 Å². The Morgan fingerprint density at radius 1 is 0.706 bits per heavy atom. The summed E-state index contributed by atoms with van der Waals surface area (Å²) < 4.78 is 11.6. The minimum absolute atomic E-state index is 0.0820. The minimum Gasteiger partial charge on any atom is -0.491 e. The van der Waals surface area contributed by atoms with Gasteiger partial charge in [0.05, 0.1) is 12.2 Å². The average Bonchev–Trinajstić information content (AvgIpc) is 2.85. The average molecular weight is 469 g/mol. The molecule has 34 heavy (non-hydrogen) atoms. The largest absolute Gasteiger partial charge is 0.491 e. The highest BCUT2D eigenvalue weighted by atomic mass is 16.5. The van der Waals surface area contributed by atoms with Gasteiger partial charge >= 0.3 is 0 Å². The van der Waals surface area contributed by atoms with Gasteiger partial charge in [0.15, 0.2) is 0 Å². The molecule has 2 rings (SSSR count). The summed E-state index contributed by atoms with van der Waals surface area (Å²) >= 11 is 0. The molecule has 2 aromatic rings. The van der Waals surface area contributed by atoms with Crippen LogP contribution in [0.25, 0.3) is 0 Å². The molecule has 0 aliphatic rings. The number of hydrogen-bond acceptors (Lipinski definition) is 4. The van der Waals surface area contributed by atoms with E-state index in [1.807, 2.05) is 38.1 Å². The molecule has 0 heterocycles. The SMILES string of the molecule is CCC(C)Oc1cccc(C(=O)NCCCCCCNC(=O)c2cccc(OC(C)CC)c2)c1. The lowest BCUT2D eigenvalue weighted by molar-refractivity contribution is 0.0942. The maximum absolute atomic E-state index is 12.4. The number of ether oxygens (including phenoxy) is 2. The molecule has 0 radical (unpaired) electrons. The summed E-state index contributed by atoms with van der Waals surface area (Å²) in [5.41, 5.74) is 1.23. The summed E-state index contributed by atoms with van der Waals surface area (Å²) in [6, 6.07) is 14.6. The lowest BCUT2D eigenvalue weighted by Crippen LogP contribution is -2.25. The Morgan fingerprint density at radius 3 is 1.50 bits per heavy atom. The van der Waals surface area contributed by atoms with Crippen LogP contribution in [0.5, 0.6) is 11.5 Å². The lowest BCUT2D eigenvalue weighted by Gasteiger charge is -2.13. The van der Waals surface area contributed by atoms with Crippen molar-refractivity contribution in [3.05, 3.63) is 59.7 Å². The second-order valence-electron chi connectivity index (χ2n) is 8.66. The fraction of sp³-hybridized carbons (Fsp3) is 0.500. The van der Waals surface area contributed by atoms with E-state index >= 15 is 0 Å². The highest BCUT2D eigenvalue weighted by molar-refractivity contribution is 5.95. The quantitative estimate of drug-likeness (QED) is 0.326. The molecule has 0 saturated heterocycles. The van der Waals surface area contributed by atoms with E-state index in [2.05, 4.69) is 24.5 Å². The third-order valence-electron chi connectivity index (χ3n) is 5.69. The Morgan fingerprint density at radius 2 is 1.12 bits per heavy atom. The Bertz CT molecular complexity index is 826. The van der Waals surface area contributed by atoms with Crippen molar-refractivity contribution in [1.82, 2.24) is 10.6 Å². The maximum atomic E-state index is 12.4. The van der Waals surface area contributed by atoms with Gasteiger partial charge in [0, 0.05) is 24.2 Å². The second-order valence-corrected chi connectivity index (χ2v) is 8.66. The fourth-order valence-electron chi connectivity index (χ4n) is 3.26. The van der Waals surface area contributed by atoms with Gasteiger partial charge in [-0.05, 0) is 75.9 Å². The minimum atomic E-state index is -0.0820. The highest BCUT2D eigenvalue weighted by Gasteiger charge is 2.09. The van der Waals surface area contributed by atoms with Crippen molar-refractivity contribution < 1.29 is 19.1 Å². The van der Waals surface area contributed by atoms with Crippen molar-refractivity contribution in [2.75, 3.05) is 13.1 Å². The van der Waals surface area contributed by atoms with Gasteiger partial charge in [0.25, 0.3) is 11.8 Å². The molecule has 0 saturated carbocycles. The number of unbranched alkanes of at least 4 members (excludes halogenated alkanes) is 3. The number of nitrogens with one attached hydrogen (secondary N) is 2. The first-order chi connectivity index (χ1) is 16.4. The summed E-state index contributed by atoms with van der Waals surface area (Å²) in [6.07, 6.45) is 5.86. The summed E-state index contributed by atoms with van der Waals surface area (Å²) in [4.78, 5) is 24.7. The number of benzene rings is 2. The molecule has 0 aliphatic carbocycles. The standard InChI is InChI=1S/C28H40N2O4/c1-5-21(3)33-25-15-11-13-23(19-25)27(31)29-17-9-7-8-10-18-30-28(32)24-14-12-16-26(20-24)34-22(4)6-2/h11-16,19-22H,5-10,17-18H2,1-4H3,(H,29,31)(H,30,32). The molecule has 0 aromatic heterocycles. The van der Waals surface area contributed by atoms with Crippen LogP contribution in [0.15, 0.2) is 48.5 Å². The normalized spacial score (nSPS) is 12.5. The van der Waals surface area contributed by atoms with Crippen LogP contribution in [0.2, 0.25) is 0 Å². The molecule has 186 valence electrons. The fourth-order valence-corrected chi connectivity index (χ4v) is 3.26. The third kappa shape index (κ3) is 9.86. The molecule has 2 N–H and O–H groups in total. The molecule has 0 aliphatic heterocycles. The van der Waals surface area contributed by atoms with E-state index in [1.54, 1.807) is 24.3 Å². The molecular formula is C28H40N2O4. The topological polar surface area (TPSA) is 76.7 Å². The van der Waals surface area contributed by atoms with E-state index in [4.69, 9.17) is 9.47 Å². The molecule has 0 fully saturated rings. The van der Waals surface area contributed by atoms with Gasteiger partial charge in [-0.15, -0.1) is 0 Å². The van der Waals surface area contributed by atoms with E-state index in [9.17, 15) is 9.59 Å². The van der Waals surface area contributed by atoms with Crippen LogP contribution in [-0.4, -0.2) is 37.1 Å². The Hall–Kier alpha value is -3.02. The van der Waals surface area contributed by atoms with Gasteiger partial charge in [0.2, 0.25) is 0 Å². The molecule has 2 amide bonds. The molecule has 0 bridgehead atoms. The monoisotopic (exact) mass is 468 g/mol. The van der Waals surface area contributed by atoms with Crippen molar-refractivity contribution in [2.45, 2.75) is 78.4 Å². The van der Waals surface area contributed by atoms with Crippen LogP contribution in [0.4, 0.5) is 0 Å².